The second-order valence-electron chi connectivity index (χ2n) is 2.77. The first-order valence-corrected chi connectivity index (χ1v) is 4.37. The molecule has 1 N–H and O–H groups in total. The van der Waals surface area contributed by atoms with E-state index in [2.05, 4.69) is 4.98 Å². The fraction of sp³-hybridized carbons (Fsp3) is 0.200. The molecule has 0 aliphatic carbocycles. The van der Waals surface area contributed by atoms with Crippen molar-refractivity contribution >= 4 is 17.0 Å². The molecule has 0 bridgehead atoms. The molecule has 2 aromatic heterocycles. The molecule has 0 radical (unpaired) electrons. The van der Waals surface area contributed by atoms with Crippen molar-refractivity contribution in [3.8, 4) is 0 Å². The van der Waals surface area contributed by atoms with Crippen LogP contribution in [0.1, 0.15) is 12.6 Å². The Morgan fingerprint density at radius 3 is 3.14 bits per heavy atom. The summed E-state index contributed by atoms with van der Waals surface area (Å²) >= 11 is 0. The van der Waals surface area contributed by atoms with E-state index in [0.717, 1.165) is 5.39 Å². The fourth-order valence-electron chi connectivity index (χ4n) is 1.19. The first kappa shape index (κ1) is 8.74. The lowest BCUT2D eigenvalue weighted by atomic mass is 10.3. The Kier molecular flexibility index (Phi) is 2.18. The molecule has 0 aliphatic heterocycles. The molecule has 2 rings (SSSR count). The van der Waals surface area contributed by atoms with Crippen molar-refractivity contribution in [2.75, 3.05) is 6.61 Å². The second kappa shape index (κ2) is 3.49. The van der Waals surface area contributed by atoms with Crippen molar-refractivity contribution in [1.82, 2.24) is 4.98 Å². The van der Waals surface area contributed by atoms with E-state index >= 15 is 0 Å². The molecule has 2 heterocycles. The van der Waals surface area contributed by atoms with Gasteiger partial charge in [0.1, 0.15) is 5.69 Å². The fourth-order valence-corrected chi connectivity index (χ4v) is 1.19. The van der Waals surface area contributed by atoms with Gasteiger partial charge in [0, 0.05) is 5.39 Å². The largest absolute Gasteiger partial charge is 0.477 e. The zero-order valence-electron chi connectivity index (χ0n) is 7.78. The van der Waals surface area contributed by atoms with E-state index in [4.69, 9.17) is 14.6 Å². The molecule has 0 saturated heterocycles. The van der Waals surface area contributed by atoms with Crippen LogP contribution in [0, 0.1) is 5.41 Å². The highest BCUT2D eigenvalue weighted by Gasteiger charge is 2.06. The Balaban J connectivity index is 2.38. The maximum Gasteiger partial charge on any atom is 0.232 e. The molecule has 0 spiro atoms. The quantitative estimate of drug-likeness (QED) is 0.583. The van der Waals surface area contributed by atoms with Crippen LogP contribution in [-0.4, -0.2) is 17.5 Å². The molecule has 4 nitrogen and oxygen atoms in total. The van der Waals surface area contributed by atoms with Crippen LogP contribution in [0.2, 0.25) is 0 Å². The number of nitrogens with one attached hydrogen (secondary N) is 1. The highest BCUT2D eigenvalue weighted by Crippen LogP contribution is 2.13. The summed E-state index contributed by atoms with van der Waals surface area (Å²) in [6, 6.07) is 5.43. The standard InChI is InChI=1S/C10H10N2O2/c1-2-13-9(11)8-4-3-7-5-6-14-10(7)12-8/h3-6,11H,2H2,1H3. The maximum absolute atomic E-state index is 7.53. The summed E-state index contributed by atoms with van der Waals surface area (Å²) < 4.78 is 10.2. The minimum absolute atomic E-state index is 0.0748. The number of hydrogen-bond acceptors (Lipinski definition) is 4. The second-order valence-corrected chi connectivity index (χ2v) is 2.77. The zero-order chi connectivity index (χ0) is 9.97. The van der Waals surface area contributed by atoms with E-state index in [1.807, 2.05) is 19.1 Å². The van der Waals surface area contributed by atoms with Gasteiger partial charge in [0.05, 0.1) is 12.9 Å². The molecule has 0 fully saturated rings. The van der Waals surface area contributed by atoms with E-state index < -0.39 is 0 Å². The van der Waals surface area contributed by atoms with Gasteiger partial charge < -0.3 is 9.15 Å². The highest BCUT2D eigenvalue weighted by atomic mass is 16.5. The maximum atomic E-state index is 7.53. The third-order valence-electron chi connectivity index (χ3n) is 1.84. The van der Waals surface area contributed by atoms with Gasteiger partial charge in [0.25, 0.3) is 0 Å². The summed E-state index contributed by atoms with van der Waals surface area (Å²) in [4.78, 5) is 4.14. The lowest BCUT2D eigenvalue weighted by Crippen LogP contribution is -2.06. The Bertz CT molecular complexity index is 462. The van der Waals surface area contributed by atoms with Crippen LogP contribution >= 0.6 is 0 Å². The average molecular weight is 190 g/mol. The van der Waals surface area contributed by atoms with Crippen LogP contribution in [0.3, 0.4) is 0 Å². The number of aromatic nitrogens is 1. The Morgan fingerprint density at radius 1 is 1.50 bits per heavy atom. The molecule has 14 heavy (non-hydrogen) atoms. The minimum Gasteiger partial charge on any atom is -0.477 e. The molecule has 0 aliphatic rings. The molecule has 0 saturated carbocycles. The van der Waals surface area contributed by atoms with Gasteiger partial charge in [-0.2, -0.15) is 0 Å². The minimum atomic E-state index is 0.0748. The van der Waals surface area contributed by atoms with Gasteiger partial charge in [-0.05, 0) is 25.1 Å². The van der Waals surface area contributed by atoms with Crippen molar-refractivity contribution in [2.24, 2.45) is 0 Å². The van der Waals surface area contributed by atoms with Gasteiger partial charge in [-0.25, -0.2) is 4.98 Å². The molecule has 2 aromatic rings. The zero-order valence-corrected chi connectivity index (χ0v) is 7.78. The summed E-state index contributed by atoms with van der Waals surface area (Å²) in [5, 5.41) is 8.46. The summed E-state index contributed by atoms with van der Waals surface area (Å²) in [7, 11) is 0. The number of fused-ring (bicyclic) bond motifs is 1. The predicted molar refractivity (Wildman–Crippen MR) is 52.5 cm³/mol. The Hall–Kier alpha value is -1.84. The van der Waals surface area contributed by atoms with Crippen molar-refractivity contribution in [2.45, 2.75) is 6.92 Å². The van der Waals surface area contributed by atoms with Gasteiger partial charge >= 0.3 is 0 Å². The molecule has 4 heteroatoms. The molecule has 0 atom stereocenters. The Labute approximate surface area is 81.0 Å². The van der Waals surface area contributed by atoms with Crippen molar-refractivity contribution in [3.63, 3.8) is 0 Å². The number of rotatable bonds is 2. The van der Waals surface area contributed by atoms with E-state index in [0.29, 0.717) is 18.0 Å². The lowest BCUT2D eigenvalue weighted by Gasteiger charge is -2.02. The smallest absolute Gasteiger partial charge is 0.232 e. The third kappa shape index (κ3) is 1.46. The number of furan rings is 1. The highest BCUT2D eigenvalue weighted by molar-refractivity contribution is 5.91. The van der Waals surface area contributed by atoms with Crippen LogP contribution in [0.25, 0.3) is 11.1 Å². The van der Waals surface area contributed by atoms with Crippen molar-refractivity contribution < 1.29 is 9.15 Å². The number of hydrogen-bond donors (Lipinski definition) is 1. The monoisotopic (exact) mass is 190 g/mol. The van der Waals surface area contributed by atoms with Crippen molar-refractivity contribution in [3.05, 3.63) is 30.2 Å². The first-order chi connectivity index (χ1) is 6.81. The van der Waals surface area contributed by atoms with Gasteiger partial charge in [-0.15, -0.1) is 0 Å². The number of ether oxygens (including phenoxy) is 1. The van der Waals surface area contributed by atoms with Gasteiger partial charge in [0.2, 0.25) is 11.6 Å². The molecule has 0 aromatic carbocycles. The third-order valence-corrected chi connectivity index (χ3v) is 1.84. The van der Waals surface area contributed by atoms with Crippen LogP contribution in [-0.2, 0) is 4.74 Å². The SMILES string of the molecule is CCOC(=N)c1ccc2ccoc2n1. The van der Waals surface area contributed by atoms with Gasteiger partial charge in [0.15, 0.2) is 0 Å². The van der Waals surface area contributed by atoms with E-state index in [-0.39, 0.29) is 5.90 Å². The van der Waals surface area contributed by atoms with E-state index in [1.54, 1.807) is 12.3 Å². The molecule has 0 amide bonds. The predicted octanol–water partition coefficient (Wildman–Crippen LogP) is 2.19. The van der Waals surface area contributed by atoms with Crippen LogP contribution in [0.15, 0.2) is 28.9 Å². The molecular formula is C10H10N2O2. The molecular weight excluding hydrogens is 180 g/mol. The van der Waals surface area contributed by atoms with Crippen molar-refractivity contribution in [1.29, 1.82) is 5.41 Å². The topological polar surface area (TPSA) is 59.1 Å². The molecule has 0 unspecified atom stereocenters. The van der Waals surface area contributed by atoms with Crippen LogP contribution in [0.5, 0.6) is 0 Å². The normalized spacial score (nSPS) is 10.4. The van der Waals surface area contributed by atoms with E-state index in [1.165, 1.54) is 0 Å². The lowest BCUT2D eigenvalue weighted by molar-refractivity contribution is 0.324. The van der Waals surface area contributed by atoms with Crippen LogP contribution in [0.4, 0.5) is 0 Å². The van der Waals surface area contributed by atoms with Gasteiger partial charge in [-0.3, -0.25) is 5.41 Å². The summed E-state index contributed by atoms with van der Waals surface area (Å²) in [5.74, 6) is 0.0748. The number of pyridine rings is 1. The number of nitrogens with zero attached hydrogens (tertiary/aromatic N) is 1. The summed E-state index contributed by atoms with van der Waals surface area (Å²) in [6.45, 7) is 2.30. The summed E-state index contributed by atoms with van der Waals surface area (Å²) in [6.07, 6.45) is 1.58. The average Bonchev–Trinajstić information content (AvgIpc) is 2.64. The first-order valence-electron chi connectivity index (χ1n) is 4.37. The molecule has 72 valence electrons. The van der Waals surface area contributed by atoms with Crippen LogP contribution < -0.4 is 0 Å². The Morgan fingerprint density at radius 2 is 2.36 bits per heavy atom. The summed E-state index contributed by atoms with van der Waals surface area (Å²) in [5.41, 5.74) is 1.03. The van der Waals surface area contributed by atoms with E-state index in [9.17, 15) is 0 Å². The van der Waals surface area contributed by atoms with Gasteiger partial charge in [-0.1, -0.05) is 0 Å².